The number of fused-ring (bicyclic) bond motifs is 1. The Balaban J connectivity index is 0.00000261. The normalized spacial score (nSPS) is 10.9. The van der Waals surface area contributed by atoms with Crippen LogP contribution < -0.4 is 10.2 Å². The zero-order valence-corrected chi connectivity index (χ0v) is 17.1. The molecule has 0 saturated carbocycles. The number of hydrogen-bond donors (Lipinski definition) is 0. The molecule has 0 aliphatic carbocycles. The first kappa shape index (κ1) is 21.0. The molecule has 144 valence electrons. The SMILES string of the molecule is CCN(CC)Cc1cc(-c2oc3ccccc3c(=O)c2C)ccc1OC.Cl. The smallest absolute Gasteiger partial charge is 0.196 e. The molecular formula is C22H26ClNO3. The first-order valence-electron chi connectivity index (χ1n) is 9.01. The average molecular weight is 388 g/mol. The van der Waals surface area contributed by atoms with Crippen molar-refractivity contribution in [2.24, 2.45) is 0 Å². The van der Waals surface area contributed by atoms with E-state index < -0.39 is 0 Å². The van der Waals surface area contributed by atoms with E-state index in [4.69, 9.17) is 9.15 Å². The van der Waals surface area contributed by atoms with E-state index >= 15 is 0 Å². The second-order valence-electron chi connectivity index (χ2n) is 6.37. The van der Waals surface area contributed by atoms with Crippen molar-refractivity contribution in [1.29, 1.82) is 0 Å². The van der Waals surface area contributed by atoms with Gasteiger partial charge in [-0.25, -0.2) is 0 Å². The summed E-state index contributed by atoms with van der Waals surface area (Å²) in [5, 5.41) is 0.616. The van der Waals surface area contributed by atoms with Crippen molar-refractivity contribution in [3.05, 3.63) is 63.8 Å². The van der Waals surface area contributed by atoms with Gasteiger partial charge in [0, 0.05) is 23.2 Å². The molecule has 2 aromatic carbocycles. The molecular weight excluding hydrogens is 362 g/mol. The Morgan fingerprint density at radius 2 is 1.78 bits per heavy atom. The van der Waals surface area contributed by atoms with E-state index in [0.717, 1.165) is 36.5 Å². The van der Waals surface area contributed by atoms with Gasteiger partial charge in [-0.2, -0.15) is 0 Å². The van der Waals surface area contributed by atoms with Gasteiger partial charge < -0.3 is 9.15 Å². The van der Waals surface area contributed by atoms with Gasteiger partial charge in [0.1, 0.15) is 17.1 Å². The van der Waals surface area contributed by atoms with Gasteiger partial charge in [-0.1, -0.05) is 26.0 Å². The van der Waals surface area contributed by atoms with Crippen molar-refractivity contribution in [3.63, 3.8) is 0 Å². The Morgan fingerprint density at radius 1 is 1.07 bits per heavy atom. The lowest BCUT2D eigenvalue weighted by atomic mass is 10.0. The summed E-state index contributed by atoms with van der Waals surface area (Å²) in [6.45, 7) is 8.84. The van der Waals surface area contributed by atoms with Gasteiger partial charge in [0.25, 0.3) is 0 Å². The summed E-state index contributed by atoms with van der Waals surface area (Å²) >= 11 is 0. The van der Waals surface area contributed by atoms with E-state index in [1.165, 1.54) is 0 Å². The third-order valence-electron chi connectivity index (χ3n) is 4.86. The molecule has 3 aromatic rings. The van der Waals surface area contributed by atoms with E-state index in [1.54, 1.807) is 13.2 Å². The molecule has 1 aromatic heterocycles. The van der Waals surface area contributed by atoms with Crippen molar-refractivity contribution in [1.82, 2.24) is 4.90 Å². The van der Waals surface area contributed by atoms with Gasteiger partial charge in [0.15, 0.2) is 5.43 Å². The Bertz CT molecular complexity index is 977. The highest BCUT2D eigenvalue weighted by Crippen LogP contribution is 2.30. The lowest BCUT2D eigenvalue weighted by molar-refractivity contribution is 0.289. The number of halogens is 1. The van der Waals surface area contributed by atoms with Crippen LogP contribution in [0.25, 0.3) is 22.3 Å². The van der Waals surface area contributed by atoms with Gasteiger partial charge in [0.05, 0.1) is 12.5 Å². The lowest BCUT2D eigenvalue weighted by Gasteiger charge is -2.20. The van der Waals surface area contributed by atoms with Crippen LogP contribution in [-0.4, -0.2) is 25.1 Å². The molecule has 3 rings (SSSR count). The molecule has 0 amide bonds. The molecule has 5 heteroatoms. The van der Waals surface area contributed by atoms with Crippen molar-refractivity contribution in [2.75, 3.05) is 20.2 Å². The van der Waals surface area contributed by atoms with Crippen molar-refractivity contribution >= 4 is 23.4 Å². The number of hydrogen-bond acceptors (Lipinski definition) is 4. The van der Waals surface area contributed by atoms with Crippen molar-refractivity contribution < 1.29 is 9.15 Å². The zero-order valence-electron chi connectivity index (χ0n) is 16.2. The summed E-state index contributed by atoms with van der Waals surface area (Å²) in [5.41, 5.74) is 3.24. The highest BCUT2D eigenvalue weighted by molar-refractivity contribution is 5.85. The number of nitrogens with zero attached hydrogens (tertiary/aromatic N) is 1. The van der Waals surface area contributed by atoms with Gasteiger partial charge in [-0.05, 0) is 50.3 Å². The summed E-state index contributed by atoms with van der Waals surface area (Å²) in [4.78, 5) is 15.0. The quantitative estimate of drug-likeness (QED) is 0.594. The minimum atomic E-state index is 0. The number of para-hydroxylation sites is 1. The molecule has 0 unspecified atom stereocenters. The number of ether oxygens (including phenoxy) is 1. The summed E-state index contributed by atoms with van der Waals surface area (Å²) in [7, 11) is 1.68. The van der Waals surface area contributed by atoms with Crippen molar-refractivity contribution in [2.45, 2.75) is 27.3 Å². The van der Waals surface area contributed by atoms with Gasteiger partial charge in [0.2, 0.25) is 0 Å². The molecule has 0 aliphatic heterocycles. The van der Waals surface area contributed by atoms with Crippen LogP contribution in [0.5, 0.6) is 5.75 Å². The maximum atomic E-state index is 12.7. The van der Waals surface area contributed by atoms with Crippen molar-refractivity contribution in [3.8, 4) is 17.1 Å². The Hall–Kier alpha value is -2.30. The predicted octanol–water partition coefficient (Wildman–Crippen LogP) is 5.04. The maximum absolute atomic E-state index is 12.7. The molecule has 0 fully saturated rings. The van der Waals surface area contributed by atoms with Gasteiger partial charge >= 0.3 is 0 Å². The second-order valence-corrected chi connectivity index (χ2v) is 6.37. The molecule has 27 heavy (non-hydrogen) atoms. The van der Waals surface area contributed by atoms with Gasteiger partial charge in [-0.15, -0.1) is 12.4 Å². The molecule has 1 heterocycles. The predicted molar refractivity (Wildman–Crippen MR) is 113 cm³/mol. The first-order valence-corrected chi connectivity index (χ1v) is 9.01. The molecule has 0 bridgehead atoms. The summed E-state index contributed by atoms with van der Waals surface area (Å²) in [5.74, 6) is 1.47. The lowest BCUT2D eigenvalue weighted by Crippen LogP contribution is -2.22. The largest absolute Gasteiger partial charge is 0.496 e. The van der Waals surface area contributed by atoms with E-state index in [1.807, 2.05) is 37.3 Å². The van der Waals surface area contributed by atoms with Crippen LogP contribution in [0.1, 0.15) is 25.0 Å². The Kier molecular flexibility index (Phi) is 7.05. The summed E-state index contributed by atoms with van der Waals surface area (Å²) in [6, 6.07) is 13.3. The standard InChI is InChI=1S/C22H25NO3.ClH/c1-5-23(6-2)14-17-13-16(11-12-19(17)25-4)22-15(3)21(24)18-9-7-8-10-20(18)26-22;/h7-13H,5-6,14H2,1-4H3;1H. The minimum absolute atomic E-state index is 0. The Morgan fingerprint density at radius 3 is 2.44 bits per heavy atom. The molecule has 0 saturated heterocycles. The summed E-state index contributed by atoms with van der Waals surface area (Å²) < 4.78 is 11.6. The third-order valence-corrected chi connectivity index (χ3v) is 4.86. The van der Waals surface area contributed by atoms with Crippen LogP contribution in [-0.2, 0) is 6.54 Å². The van der Waals surface area contributed by atoms with E-state index in [0.29, 0.717) is 22.3 Å². The highest BCUT2D eigenvalue weighted by atomic mass is 35.5. The fourth-order valence-electron chi connectivity index (χ4n) is 3.24. The maximum Gasteiger partial charge on any atom is 0.196 e. The molecule has 4 nitrogen and oxygen atoms in total. The van der Waals surface area contributed by atoms with Crippen LogP contribution >= 0.6 is 12.4 Å². The molecule has 0 radical (unpaired) electrons. The molecule has 0 spiro atoms. The molecule has 0 N–H and O–H groups in total. The fraction of sp³-hybridized carbons (Fsp3) is 0.318. The minimum Gasteiger partial charge on any atom is -0.496 e. The van der Waals surface area contributed by atoms with Crippen LogP contribution in [0, 0.1) is 6.92 Å². The number of benzene rings is 2. The average Bonchev–Trinajstić information content (AvgIpc) is 2.68. The zero-order chi connectivity index (χ0) is 18.7. The molecule has 0 aliphatic rings. The molecule has 0 atom stereocenters. The first-order chi connectivity index (χ1) is 12.6. The Labute approximate surface area is 166 Å². The number of rotatable bonds is 6. The monoisotopic (exact) mass is 387 g/mol. The highest BCUT2D eigenvalue weighted by Gasteiger charge is 2.15. The topological polar surface area (TPSA) is 42.7 Å². The van der Waals surface area contributed by atoms with E-state index in [9.17, 15) is 4.79 Å². The summed E-state index contributed by atoms with van der Waals surface area (Å²) in [6.07, 6.45) is 0. The van der Waals surface area contributed by atoms with Crippen LogP contribution in [0.4, 0.5) is 0 Å². The van der Waals surface area contributed by atoms with Crippen LogP contribution in [0.15, 0.2) is 51.7 Å². The fourth-order valence-corrected chi connectivity index (χ4v) is 3.24. The second kappa shape index (κ2) is 9.07. The number of methoxy groups -OCH3 is 1. The van der Waals surface area contributed by atoms with E-state index in [2.05, 4.69) is 24.8 Å². The third kappa shape index (κ3) is 4.18. The van der Waals surface area contributed by atoms with Crippen LogP contribution in [0.3, 0.4) is 0 Å². The van der Waals surface area contributed by atoms with Gasteiger partial charge in [-0.3, -0.25) is 9.69 Å². The van der Waals surface area contributed by atoms with Crippen LogP contribution in [0.2, 0.25) is 0 Å². The van der Waals surface area contributed by atoms with E-state index in [-0.39, 0.29) is 17.8 Å².